The molecule has 1 fully saturated rings. The first-order chi connectivity index (χ1) is 13.5. The number of carbonyl (C=O) groups is 1. The van der Waals surface area contributed by atoms with Gasteiger partial charge in [-0.1, -0.05) is 6.07 Å². The molecule has 0 radical (unpaired) electrons. The van der Waals surface area contributed by atoms with Crippen LogP contribution in [-0.4, -0.2) is 35.2 Å². The van der Waals surface area contributed by atoms with E-state index in [1.54, 1.807) is 12.1 Å². The fourth-order valence-corrected chi connectivity index (χ4v) is 3.49. The van der Waals surface area contributed by atoms with Gasteiger partial charge >= 0.3 is 0 Å². The molecule has 6 heteroatoms. The molecule has 0 spiro atoms. The Morgan fingerprint density at radius 3 is 2.68 bits per heavy atom. The lowest BCUT2D eigenvalue weighted by atomic mass is 10.1. The van der Waals surface area contributed by atoms with Gasteiger partial charge in [0.1, 0.15) is 5.82 Å². The van der Waals surface area contributed by atoms with Crippen LogP contribution in [0.4, 0.5) is 10.2 Å². The second-order valence-electron chi connectivity index (χ2n) is 7.35. The summed E-state index contributed by atoms with van der Waals surface area (Å²) < 4.78 is 13.1. The summed E-state index contributed by atoms with van der Waals surface area (Å²) in [4.78, 5) is 14.7. The van der Waals surface area contributed by atoms with E-state index < -0.39 is 0 Å². The topological polar surface area (TPSA) is 61.0 Å². The van der Waals surface area contributed by atoms with E-state index in [1.807, 2.05) is 38.1 Å². The Balaban J connectivity index is 1.39. The molecule has 28 heavy (non-hydrogen) atoms. The summed E-state index contributed by atoms with van der Waals surface area (Å²) in [5.41, 5.74) is 4.72. The molecule has 2 heterocycles. The Morgan fingerprint density at radius 1 is 1.14 bits per heavy atom. The van der Waals surface area contributed by atoms with Gasteiger partial charge in [0, 0.05) is 30.8 Å². The van der Waals surface area contributed by atoms with Crippen LogP contribution >= 0.6 is 0 Å². The third-order valence-electron chi connectivity index (χ3n) is 5.34. The summed E-state index contributed by atoms with van der Waals surface area (Å²) in [6.07, 6.45) is 0.870. The summed E-state index contributed by atoms with van der Waals surface area (Å²) in [5.74, 6) is 0.539. The Bertz CT molecular complexity index is 996. The van der Waals surface area contributed by atoms with Gasteiger partial charge in [-0.05, 0) is 73.4 Å². The van der Waals surface area contributed by atoms with Gasteiger partial charge in [0.05, 0.1) is 5.69 Å². The summed E-state index contributed by atoms with van der Waals surface area (Å²) in [7, 11) is 0. The van der Waals surface area contributed by atoms with Crippen LogP contribution in [0.15, 0.2) is 48.5 Å². The standard InChI is InChI=1S/C22H23FN4O/c1-14-3-4-17(11-15(14)2)22(28)24-19-9-10-27(13-19)21-12-20(25-26-21)16-5-7-18(23)8-6-16/h3-8,11-12,19H,9-10,13H2,1-2H3,(H,24,28)(H,25,26)/t19-/m1/s1. The van der Waals surface area contributed by atoms with Crippen molar-refractivity contribution in [2.75, 3.05) is 18.0 Å². The Morgan fingerprint density at radius 2 is 1.93 bits per heavy atom. The lowest BCUT2D eigenvalue weighted by Gasteiger charge is -2.16. The second-order valence-corrected chi connectivity index (χ2v) is 7.35. The summed E-state index contributed by atoms with van der Waals surface area (Å²) in [6, 6.07) is 14.1. The van der Waals surface area contributed by atoms with E-state index >= 15 is 0 Å². The molecule has 0 aliphatic carbocycles. The molecule has 1 saturated heterocycles. The quantitative estimate of drug-likeness (QED) is 0.725. The SMILES string of the molecule is Cc1ccc(C(=O)N[C@@H]2CCN(c3cc(-c4ccc(F)cc4)[nH]n3)C2)cc1C. The number of aryl methyl sites for hydroxylation is 2. The van der Waals surface area contributed by atoms with Crippen molar-refractivity contribution in [3.8, 4) is 11.3 Å². The van der Waals surface area contributed by atoms with Crippen LogP contribution in [0.25, 0.3) is 11.3 Å². The first-order valence-corrected chi connectivity index (χ1v) is 9.44. The zero-order chi connectivity index (χ0) is 19.7. The number of nitrogens with one attached hydrogen (secondary N) is 2. The molecule has 4 rings (SSSR count). The fourth-order valence-electron chi connectivity index (χ4n) is 3.49. The molecule has 1 aliphatic heterocycles. The highest BCUT2D eigenvalue weighted by atomic mass is 19.1. The molecule has 5 nitrogen and oxygen atoms in total. The molecule has 3 aromatic rings. The van der Waals surface area contributed by atoms with Gasteiger partial charge in [0.2, 0.25) is 0 Å². The summed E-state index contributed by atoms with van der Waals surface area (Å²) >= 11 is 0. The minimum absolute atomic E-state index is 0.0380. The highest BCUT2D eigenvalue weighted by molar-refractivity contribution is 5.94. The molecular formula is C22H23FN4O. The van der Waals surface area contributed by atoms with Crippen LogP contribution in [0.1, 0.15) is 27.9 Å². The number of carbonyl (C=O) groups excluding carboxylic acids is 1. The van der Waals surface area contributed by atoms with E-state index in [0.717, 1.165) is 35.6 Å². The predicted octanol–water partition coefficient (Wildman–Crippen LogP) is 3.84. The maximum absolute atomic E-state index is 13.1. The summed E-state index contributed by atoms with van der Waals surface area (Å²) in [5, 5.41) is 10.5. The van der Waals surface area contributed by atoms with Gasteiger partial charge in [-0.2, -0.15) is 5.10 Å². The van der Waals surface area contributed by atoms with Gasteiger partial charge < -0.3 is 10.2 Å². The molecule has 2 N–H and O–H groups in total. The van der Waals surface area contributed by atoms with Gasteiger partial charge in [-0.3, -0.25) is 9.89 Å². The zero-order valence-corrected chi connectivity index (χ0v) is 16.0. The highest BCUT2D eigenvalue weighted by Gasteiger charge is 2.26. The second kappa shape index (κ2) is 7.46. The number of hydrogen-bond acceptors (Lipinski definition) is 3. The van der Waals surface area contributed by atoms with E-state index in [-0.39, 0.29) is 17.8 Å². The monoisotopic (exact) mass is 378 g/mol. The lowest BCUT2D eigenvalue weighted by Crippen LogP contribution is -2.37. The smallest absolute Gasteiger partial charge is 0.251 e. The number of hydrogen-bond donors (Lipinski definition) is 2. The number of amides is 1. The van der Waals surface area contributed by atoms with Crippen molar-refractivity contribution in [1.29, 1.82) is 0 Å². The largest absolute Gasteiger partial charge is 0.353 e. The van der Waals surface area contributed by atoms with Crippen molar-refractivity contribution in [3.63, 3.8) is 0 Å². The molecule has 0 bridgehead atoms. The van der Waals surface area contributed by atoms with Crippen LogP contribution in [0.2, 0.25) is 0 Å². The van der Waals surface area contributed by atoms with Crippen molar-refractivity contribution < 1.29 is 9.18 Å². The first-order valence-electron chi connectivity index (χ1n) is 9.44. The minimum atomic E-state index is -0.259. The van der Waals surface area contributed by atoms with Crippen molar-refractivity contribution >= 4 is 11.7 Å². The Hall–Kier alpha value is -3.15. The van der Waals surface area contributed by atoms with Crippen molar-refractivity contribution in [2.45, 2.75) is 26.3 Å². The molecule has 1 atom stereocenters. The number of nitrogens with zero attached hydrogens (tertiary/aromatic N) is 2. The third-order valence-corrected chi connectivity index (χ3v) is 5.34. The predicted molar refractivity (Wildman–Crippen MR) is 108 cm³/mol. The van der Waals surface area contributed by atoms with Gasteiger partial charge in [0.25, 0.3) is 5.91 Å². The van der Waals surface area contributed by atoms with E-state index in [2.05, 4.69) is 20.4 Å². The molecule has 144 valence electrons. The number of benzene rings is 2. The fraction of sp³-hybridized carbons (Fsp3) is 0.273. The molecule has 0 saturated carbocycles. The average molecular weight is 378 g/mol. The Labute approximate surface area is 163 Å². The van der Waals surface area contributed by atoms with Crippen LogP contribution in [-0.2, 0) is 0 Å². The van der Waals surface area contributed by atoms with Gasteiger partial charge in [-0.25, -0.2) is 4.39 Å². The Kier molecular flexibility index (Phi) is 4.86. The van der Waals surface area contributed by atoms with Crippen LogP contribution < -0.4 is 10.2 Å². The average Bonchev–Trinajstić information content (AvgIpc) is 3.34. The van der Waals surface area contributed by atoms with Crippen LogP contribution in [0.3, 0.4) is 0 Å². The maximum Gasteiger partial charge on any atom is 0.251 e. The number of rotatable bonds is 4. The number of halogens is 1. The van der Waals surface area contributed by atoms with Crippen molar-refractivity contribution in [2.24, 2.45) is 0 Å². The molecular weight excluding hydrogens is 355 g/mol. The van der Waals surface area contributed by atoms with Gasteiger partial charge in [-0.15, -0.1) is 0 Å². The first kappa shape index (κ1) is 18.2. The number of H-pyrrole nitrogens is 1. The van der Waals surface area contributed by atoms with Crippen LogP contribution in [0.5, 0.6) is 0 Å². The maximum atomic E-state index is 13.1. The van der Waals surface area contributed by atoms with E-state index in [4.69, 9.17) is 0 Å². The minimum Gasteiger partial charge on any atom is -0.353 e. The molecule has 1 amide bonds. The number of anilines is 1. The van der Waals surface area contributed by atoms with Crippen LogP contribution in [0, 0.1) is 19.7 Å². The molecule has 2 aromatic carbocycles. The molecule has 0 unspecified atom stereocenters. The molecule has 1 aliphatic rings. The normalized spacial score (nSPS) is 16.4. The van der Waals surface area contributed by atoms with Crippen molar-refractivity contribution in [3.05, 3.63) is 71.0 Å². The van der Waals surface area contributed by atoms with E-state index in [0.29, 0.717) is 12.1 Å². The number of aromatic amines is 1. The lowest BCUT2D eigenvalue weighted by molar-refractivity contribution is 0.0940. The van der Waals surface area contributed by atoms with E-state index in [1.165, 1.54) is 17.7 Å². The zero-order valence-electron chi connectivity index (χ0n) is 16.0. The molecule has 1 aromatic heterocycles. The van der Waals surface area contributed by atoms with Crippen molar-refractivity contribution in [1.82, 2.24) is 15.5 Å². The highest BCUT2D eigenvalue weighted by Crippen LogP contribution is 2.24. The number of aromatic nitrogens is 2. The van der Waals surface area contributed by atoms with E-state index in [9.17, 15) is 9.18 Å². The van der Waals surface area contributed by atoms with Gasteiger partial charge in [0.15, 0.2) is 5.82 Å². The third kappa shape index (κ3) is 3.76. The summed E-state index contributed by atoms with van der Waals surface area (Å²) in [6.45, 7) is 5.59.